The number of carbonyl (C=O) groups is 3. The first-order valence-electron chi connectivity index (χ1n) is 16.5. The number of halogens is 2. The average molecular weight is 710 g/mol. The van der Waals surface area contributed by atoms with Gasteiger partial charge in [0.15, 0.2) is 0 Å². The van der Waals surface area contributed by atoms with E-state index in [9.17, 15) is 28.3 Å². The Morgan fingerprint density at radius 3 is 2.12 bits per heavy atom. The fourth-order valence-corrected chi connectivity index (χ4v) is 6.88. The minimum Gasteiger partial charge on any atom is -0.505 e. The molecule has 1 saturated carbocycles. The third-order valence-corrected chi connectivity index (χ3v) is 9.65. The molecule has 1 aromatic heterocycles. The van der Waals surface area contributed by atoms with Crippen LogP contribution in [-0.4, -0.2) is 60.8 Å². The molecule has 0 saturated heterocycles. The molecule has 268 valence electrons. The molecule has 5 rings (SSSR count). The molecule has 0 spiro atoms. The van der Waals surface area contributed by atoms with Crippen LogP contribution in [0.15, 0.2) is 54.6 Å². The van der Waals surface area contributed by atoms with Gasteiger partial charge in [0, 0.05) is 44.9 Å². The van der Waals surface area contributed by atoms with Gasteiger partial charge in [0.1, 0.15) is 33.6 Å². The van der Waals surface area contributed by atoms with E-state index in [4.69, 9.17) is 9.47 Å². The van der Waals surface area contributed by atoms with E-state index in [1.54, 1.807) is 24.0 Å². The molecule has 2 N–H and O–H groups in total. The van der Waals surface area contributed by atoms with Gasteiger partial charge >= 0.3 is 6.09 Å². The molecule has 0 unspecified atom stereocenters. The number of ether oxygens (including phenoxy) is 2. The molecular formula is C38H45F2N3O6S. The van der Waals surface area contributed by atoms with Gasteiger partial charge in [0.05, 0.1) is 17.2 Å². The van der Waals surface area contributed by atoms with Crippen LogP contribution >= 0.6 is 11.3 Å². The summed E-state index contributed by atoms with van der Waals surface area (Å²) in [6.45, 7) is 7.17. The topological polar surface area (TPSA) is 108 Å². The van der Waals surface area contributed by atoms with Gasteiger partial charge in [-0.3, -0.25) is 9.59 Å². The lowest BCUT2D eigenvalue weighted by atomic mass is 9.93. The molecule has 12 heteroatoms. The van der Waals surface area contributed by atoms with Gasteiger partial charge in [0.2, 0.25) is 5.91 Å². The fraction of sp³-hybridized carbons (Fsp3) is 0.395. The van der Waals surface area contributed by atoms with Crippen LogP contribution in [0.4, 0.5) is 19.3 Å². The smallest absolute Gasteiger partial charge is 0.407 e. The summed E-state index contributed by atoms with van der Waals surface area (Å²) in [5.74, 6) is -1.89. The summed E-state index contributed by atoms with van der Waals surface area (Å²) in [5, 5.41) is 13.0. The number of nitrogens with zero attached hydrogens (tertiary/aromatic N) is 2. The summed E-state index contributed by atoms with van der Waals surface area (Å²) in [7, 11) is 4.83. The molecule has 4 aromatic rings. The van der Waals surface area contributed by atoms with Crippen molar-refractivity contribution in [2.45, 2.75) is 78.0 Å². The maximum Gasteiger partial charge on any atom is 0.407 e. The zero-order valence-electron chi connectivity index (χ0n) is 29.6. The highest BCUT2D eigenvalue weighted by Gasteiger charge is 2.32. The number of fused-ring (bicyclic) bond motifs is 1. The second-order valence-electron chi connectivity index (χ2n) is 13.1. The highest BCUT2D eigenvalue weighted by atomic mass is 32.1. The molecule has 50 heavy (non-hydrogen) atoms. The third kappa shape index (κ3) is 9.09. The number of thiophene rings is 1. The van der Waals surface area contributed by atoms with Crippen LogP contribution in [0.25, 0.3) is 21.2 Å². The van der Waals surface area contributed by atoms with E-state index < -0.39 is 23.3 Å². The lowest BCUT2D eigenvalue weighted by molar-refractivity contribution is -0.116. The second-order valence-corrected chi connectivity index (χ2v) is 14.2. The van der Waals surface area contributed by atoms with Crippen molar-refractivity contribution in [1.82, 2.24) is 10.2 Å². The van der Waals surface area contributed by atoms with Gasteiger partial charge in [-0.15, -0.1) is 11.3 Å². The van der Waals surface area contributed by atoms with Crippen molar-refractivity contribution in [3.05, 3.63) is 76.7 Å². The van der Waals surface area contributed by atoms with Crippen LogP contribution in [0.5, 0.6) is 11.5 Å². The van der Waals surface area contributed by atoms with Crippen LogP contribution in [-0.2, 0) is 16.1 Å². The normalized spacial score (nSPS) is 13.2. The van der Waals surface area contributed by atoms with Gasteiger partial charge in [-0.05, 0) is 81.1 Å². The SMILES string of the molecule is CNC(=O)OC(C)(C)C.COc1ccc(-c2ccc(N(C)C(C)=O)cc2)cc1CN(C(=O)c1sc2c(F)ccc(F)c2c1O)C1CCCCC1. The third-order valence-electron chi connectivity index (χ3n) is 8.47. The van der Waals surface area contributed by atoms with Gasteiger partial charge in [0.25, 0.3) is 5.91 Å². The monoisotopic (exact) mass is 709 g/mol. The highest BCUT2D eigenvalue weighted by molar-refractivity contribution is 7.21. The Morgan fingerprint density at radius 1 is 0.960 bits per heavy atom. The second kappa shape index (κ2) is 16.3. The van der Waals surface area contributed by atoms with Crippen LogP contribution in [0, 0.1) is 11.6 Å². The fourth-order valence-electron chi connectivity index (χ4n) is 5.81. The first-order chi connectivity index (χ1) is 23.6. The minimum atomic E-state index is -0.770. The Hall–Kier alpha value is -4.71. The first kappa shape index (κ1) is 38.1. The number of amides is 3. The summed E-state index contributed by atoms with van der Waals surface area (Å²) < 4.78 is 39.5. The number of rotatable bonds is 7. The summed E-state index contributed by atoms with van der Waals surface area (Å²) in [6, 6.07) is 15.2. The minimum absolute atomic E-state index is 0.0629. The van der Waals surface area contributed by atoms with Crippen LogP contribution < -0.4 is 15.0 Å². The Morgan fingerprint density at radius 2 is 1.58 bits per heavy atom. The maximum atomic E-state index is 14.5. The van der Waals surface area contributed by atoms with Crippen molar-refractivity contribution in [2.75, 3.05) is 26.1 Å². The number of carbonyl (C=O) groups excluding carboxylic acids is 3. The van der Waals surface area contributed by atoms with Gasteiger partial charge < -0.3 is 29.7 Å². The quantitative estimate of drug-likeness (QED) is 0.199. The molecule has 0 radical (unpaired) electrons. The molecule has 0 bridgehead atoms. The van der Waals surface area contributed by atoms with E-state index >= 15 is 0 Å². The molecule has 9 nitrogen and oxygen atoms in total. The van der Waals surface area contributed by atoms with Crippen molar-refractivity contribution in [2.24, 2.45) is 0 Å². The lowest BCUT2D eigenvalue weighted by Gasteiger charge is -2.34. The highest BCUT2D eigenvalue weighted by Crippen LogP contribution is 2.42. The van der Waals surface area contributed by atoms with Crippen LogP contribution in [0.2, 0.25) is 0 Å². The molecule has 1 heterocycles. The largest absolute Gasteiger partial charge is 0.505 e. The Balaban J connectivity index is 0.000000551. The van der Waals surface area contributed by atoms with E-state index in [0.717, 1.165) is 78.0 Å². The van der Waals surface area contributed by atoms with Crippen molar-refractivity contribution in [3.63, 3.8) is 0 Å². The average Bonchev–Trinajstić information content (AvgIpc) is 3.46. The maximum absolute atomic E-state index is 14.5. The molecule has 1 fully saturated rings. The lowest BCUT2D eigenvalue weighted by Crippen LogP contribution is -2.40. The zero-order valence-corrected chi connectivity index (χ0v) is 30.4. The summed E-state index contributed by atoms with van der Waals surface area (Å²) in [4.78, 5) is 39.5. The molecule has 0 aliphatic heterocycles. The van der Waals surface area contributed by atoms with E-state index in [0.29, 0.717) is 5.75 Å². The van der Waals surface area contributed by atoms with Crippen molar-refractivity contribution in [3.8, 4) is 22.6 Å². The van der Waals surface area contributed by atoms with Gasteiger partial charge in [-0.1, -0.05) is 37.5 Å². The van der Waals surface area contributed by atoms with Crippen molar-refractivity contribution in [1.29, 1.82) is 0 Å². The van der Waals surface area contributed by atoms with Crippen LogP contribution in [0.3, 0.4) is 0 Å². The van der Waals surface area contributed by atoms with Gasteiger partial charge in [-0.2, -0.15) is 0 Å². The standard InChI is InChI=1S/C32H32F2N2O4S.C6H13NO2/c1-19(37)35(2)23-12-9-20(10-13-23)21-11-16-27(40-3)22(17-21)18-36(24-7-5-4-6-8-24)32(39)31-29(38)28-25(33)14-15-26(34)30(28)41-31;1-6(2,3)9-5(8)7-4/h9-17,24,38H,4-8,18H2,1-3H3;1-4H3,(H,7,8). The van der Waals surface area contributed by atoms with Crippen molar-refractivity contribution >= 4 is 45.0 Å². The van der Waals surface area contributed by atoms with E-state index in [1.165, 1.54) is 14.0 Å². The van der Waals surface area contributed by atoms with Crippen LogP contribution in [0.1, 0.15) is 75.0 Å². The molecule has 1 aliphatic carbocycles. The Kier molecular flexibility index (Phi) is 12.4. The summed E-state index contributed by atoms with van der Waals surface area (Å²) in [6.07, 6.45) is 4.22. The number of nitrogens with one attached hydrogen (secondary N) is 1. The van der Waals surface area contributed by atoms with Crippen molar-refractivity contribution < 1.29 is 37.7 Å². The molecule has 3 amide bonds. The number of benzene rings is 3. The predicted molar refractivity (Wildman–Crippen MR) is 193 cm³/mol. The van der Waals surface area contributed by atoms with E-state index in [2.05, 4.69) is 5.32 Å². The molecule has 0 atom stereocenters. The predicted octanol–water partition coefficient (Wildman–Crippen LogP) is 8.66. The number of hydrogen-bond acceptors (Lipinski definition) is 7. The molecule has 3 aromatic carbocycles. The summed E-state index contributed by atoms with van der Waals surface area (Å²) >= 11 is 0.776. The molecular weight excluding hydrogens is 664 g/mol. The van der Waals surface area contributed by atoms with Gasteiger partial charge in [-0.25, -0.2) is 13.6 Å². The number of methoxy groups -OCH3 is 1. The zero-order chi connectivity index (χ0) is 36.7. The summed E-state index contributed by atoms with van der Waals surface area (Å²) in [5.41, 5.74) is 2.99. The number of hydrogen-bond donors (Lipinski definition) is 2. The Labute approximate surface area is 295 Å². The first-order valence-corrected chi connectivity index (χ1v) is 17.3. The number of aromatic hydroxyl groups is 1. The molecule has 1 aliphatic rings. The van der Waals surface area contributed by atoms with E-state index in [1.807, 2.05) is 63.2 Å². The van der Waals surface area contributed by atoms with E-state index in [-0.39, 0.29) is 45.2 Å². The number of alkyl carbamates (subject to hydrolysis) is 1. The Bertz CT molecular complexity index is 1830. The number of anilines is 1.